The zero-order valence-electron chi connectivity index (χ0n) is 11.9. The predicted octanol–water partition coefficient (Wildman–Crippen LogP) is 1.70. The number of anilines is 1. The third kappa shape index (κ3) is 4.06. The molecule has 0 radical (unpaired) electrons. The lowest BCUT2D eigenvalue weighted by Crippen LogP contribution is -2.40. The molecule has 0 bridgehead atoms. The molecule has 1 fully saturated rings. The standard InChI is InChI=1S/C14H24N4O/c1-3-15-10-12-6-5-9-18(11-12)14-16-8-7-13(17-14)19-4-2/h7-8,12,15H,3-6,9-11H2,1-2H3. The minimum absolute atomic E-state index is 0.638. The number of ether oxygens (including phenoxy) is 1. The number of nitrogens with one attached hydrogen (secondary N) is 1. The van der Waals surface area contributed by atoms with Crippen molar-refractivity contribution in [1.29, 1.82) is 0 Å². The van der Waals surface area contributed by atoms with Crippen LogP contribution in [0.15, 0.2) is 12.3 Å². The van der Waals surface area contributed by atoms with E-state index in [1.165, 1.54) is 12.8 Å². The third-order valence-corrected chi connectivity index (χ3v) is 3.39. The van der Waals surface area contributed by atoms with Crippen LogP contribution in [0, 0.1) is 5.92 Å². The lowest BCUT2D eigenvalue weighted by atomic mass is 9.98. The Morgan fingerprint density at radius 2 is 2.37 bits per heavy atom. The van der Waals surface area contributed by atoms with E-state index in [4.69, 9.17) is 4.74 Å². The van der Waals surface area contributed by atoms with Gasteiger partial charge in [0.15, 0.2) is 0 Å². The van der Waals surface area contributed by atoms with Gasteiger partial charge in [0.1, 0.15) is 0 Å². The Bertz CT molecular complexity index is 385. The van der Waals surface area contributed by atoms with Gasteiger partial charge in [0, 0.05) is 25.4 Å². The summed E-state index contributed by atoms with van der Waals surface area (Å²) in [6.07, 6.45) is 4.27. The average Bonchev–Trinajstić information content (AvgIpc) is 2.46. The largest absolute Gasteiger partial charge is 0.478 e. The fraction of sp³-hybridized carbons (Fsp3) is 0.714. The van der Waals surface area contributed by atoms with Crippen molar-refractivity contribution in [3.05, 3.63) is 12.3 Å². The molecule has 1 aliphatic rings. The van der Waals surface area contributed by atoms with Gasteiger partial charge in [-0.3, -0.25) is 0 Å². The summed E-state index contributed by atoms with van der Waals surface area (Å²) in [5.74, 6) is 2.15. The molecule has 1 unspecified atom stereocenters. The number of aromatic nitrogens is 2. The molecule has 1 aromatic rings. The number of hydrogen-bond acceptors (Lipinski definition) is 5. The van der Waals surface area contributed by atoms with E-state index in [1.807, 2.05) is 13.0 Å². The highest BCUT2D eigenvalue weighted by Crippen LogP contribution is 2.21. The van der Waals surface area contributed by atoms with Crippen molar-refractivity contribution in [2.45, 2.75) is 26.7 Å². The summed E-state index contributed by atoms with van der Waals surface area (Å²) in [6.45, 7) is 8.94. The van der Waals surface area contributed by atoms with Gasteiger partial charge in [0.25, 0.3) is 0 Å². The molecule has 0 aromatic carbocycles. The van der Waals surface area contributed by atoms with Crippen LogP contribution in [0.3, 0.4) is 0 Å². The average molecular weight is 264 g/mol. The second kappa shape index (κ2) is 7.28. The van der Waals surface area contributed by atoms with Crippen LogP contribution in [0.5, 0.6) is 5.88 Å². The number of rotatable bonds is 6. The SMILES string of the molecule is CCNCC1CCCN(c2nccc(OCC)n2)C1. The zero-order chi connectivity index (χ0) is 13.5. The lowest BCUT2D eigenvalue weighted by molar-refractivity contribution is 0.325. The van der Waals surface area contributed by atoms with Crippen molar-refractivity contribution in [2.75, 3.05) is 37.7 Å². The van der Waals surface area contributed by atoms with Crippen molar-refractivity contribution in [3.63, 3.8) is 0 Å². The molecule has 5 heteroatoms. The molecule has 1 N–H and O–H groups in total. The minimum Gasteiger partial charge on any atom is -0.478 e. The van der Waals surface area contributed by atoms with Gasteiger partial charge < -0.3 is 15.0 Å². The van der Waals surface area contributed by atoms with Gasteiger partial charge in [0.2, 0.25) is 11.8 Å². The van der Waals surface area contributed by atoms with E-state index in [9.17, 15) is 0 Å². The van der Waals surface area contributed by atoms with Crippen molar-refractivity contribution in [1.82, 2.24) is 15.3 Å². The highest BCUT2D eigenvalue weighted by molar-refractivity contribution is 5.32. The van der Waals surface area contributed by atoms with Gasteiger partial charge >= 0.3 is 0 Å². The molecular formula is C14H24N4O. The van der Waals surface area contributed by atoms with Gasteiger partial charge in [-0.15, -0.1) is 0 Å². The molecule has 2 rings (SSSR count). The van der Waals surface area contributed by atoms with E-state index in [0.29, 0.717) is 18.4 Å². The predicted molar refractivity (Wildman–Crippen MR) is 76.7 cm³/mol. The van der Waals surface area contributed by atoms with Crippen LogP contribution in [-0.2, 0) is 0 Å². The summed E-state index contributed by atoms with van der Waals surface area (Å²) in [6, 6.07) is 1.81. The van der Waals surface area contributed by atoms with E-state index in [2.05, 4.69) is 27.1 Å². The lowest BCUT2D eigenvalue weighted by Gasteiger charge is -2.32. The topological polar surface area (TPSA) is 50.3 Å². The van der Waals surface area contributed by atoms with E-state index >= 15 is 0 Å². The molecule has 2 heterocycles. The normalized spacial score (nSPS) is 19.5. The van der Waals surface area contributed by atoms with Gasteiger partial charge in [-0.25, -0.2) is 4.98 Å². The van der Waals surface area contributed by atoms with E-state index in [1.54, 1.807) is 6.20 Å². The number of hydrogen-bond donors (Lipinski definition) is 1. The zero-order valence-corrected chi connectivity index (χ0v) is 11.9. The monoisotopic (exact) mass is 264 g/mol. The molecule has 5 nitrogen and oxygen atoms in total. The second-order valence-corrected chi connectivity index (χ2v) is 4.89. The third-order valence-electron chi connectivity index (χ3n) is 3.39. The smallest absolute Gasteiger partial charge is 0.228 e. The van der Waals surface area contributed by atoms with Crippen molar-refractivity contribution < 1.29 is 4.74 Å². The van der Waals surface area contributed by atoms with Gasteiger partial charge in [-0.1, -0.05) is 6.92 Å². The Morgan fingerprint density at radius 1 is 1.47 bits per heavy atom. The second-order valence-electron chi connectivity index (χ2n) is 4.89. The summed E-state index contributed by atoms with van der Waals surface area (Å²) >= 11 is 0. The summed E-state index contributed by atoms with van der Waals surface area (Å²) < 4.78 is 5.44. The molecule has 0 amide bonds. The Labute approximate surface area is 115 Å². The maximum atomic E-state index is 5.44. The molecule has 0 spiro atoms. The first kappa shape index (κ1) is 14.1. The fourth-order valence-electron chi connectivity index (χ4n) is 2.47. The highest BCUT2D eigenvalue weighted by atomic mass is 16.5. The van der Waals surface area contributed by atoms with Crippen LogP contribution in [0.4, 0.5) is 5.95 Å². The molecule has 19 heavy (non-hydrogen) atoms. The van der Waals surface area contributed by atoms with Crippen LogP contribution in [0.2, 0.25) is 0 Å². The van der Waals surface area contributed by atoms with E-state index < -0.39 is 0 Å². The maximum Gasteiger partial charge on any atom is 0.228 e. The molecule has 1 aliphatic heterocycles. The van der Waals surface area contributed by atoms with Crippen LogP contribution in [0.1, 0.15) is 26.7 Å². The molecule has 1 atom stereocenters. The number of piperidine rings is 1. The molecule has 1 aromatic heterocycles. The Hall–Kier alpha value is -1.36. The van der Waals surface area contributed by atoms with E-state index in [0.717, 1.165) is 32.1 Å². The molecule has 106 valence electrons. The summed E-state index contributed by atoms with van der Waals surface area (Å²) in [7, 11) is 0. The quantitative estimate of drug-likeness (QED) is 0.847. The number of nitrogens with zero attached hydrogens (tertiary/aromatic N) is 3. The molecular weight excluding hydrogens is 240 g/mol. The van der Waals surface area contributed by atoms with Gasteiger partial charge in [-0.2, -0.15) is 4.98 Å². The first-order valence-corrected chi connectivity index (χ1v) is 7.25. The van der Waals surface area contributed by atoms with Gasteiger partial charge in [-0.05, 0) is 38.8 Å². The molecule has 0 saturated carbocycles. The van der Waals surface area contributed by atoms with Crippen LogP contribution < -0.4 is 15.0 Å². The van der Waals surface area contributed by atoms with Gasteiger partial charge in [0.05, 0.1) is 6.61 Å². The maximum absolute atomic E-state index is 5.44. The summed E-state index contributed by atoms with van der Waals surface area (Å²) in [4.78, 5) is 11.1. The minimum atomic E-state index is 0.638. The fourth-order valence-corrected chi connectivity index (χ4v) is 2.47. The summed E-state index contributed by atoms with van der Waals surface area (Å²) in [5, 5.41) is 3.43. The van der Waals surface area contributed by atoms with Crippen molar-refractivity contribution in [3.8, 4) is 5.88 Å². The highest BCUT2D eigenvalue weighted by Gasteiger charge is 2.21. The first-order valence-electron chi connectivity index (χ1n) is 7.25. The van der Waals surface area contributed by atoms with Crippen LogP contribution in [0.25, 0.3) is 0 Å². The molecule has 1 saturated heterocycles. The van der Waals surface area contributed by atoms with E-state index in [-0.39, 0.29) is 0 Å². The van der Waals surface area contributed by atoms with Crippen molar-refractivity contribution >= 4 is 5.95 Å². The summed E-state index contributed by atoms with van der Waals surface area (Å²) in [5.41, 5.74) is 0. The Morgan fingerprint density at radius 3 is 3.16 bits per heavy atom. The van der Waals surface area contributed by atoms with Crippen LogP contribution >= 0.6 is 0 Å². The van der Waals surface area contributed by atoms with Crippen LogP contribution in [-0.4, -0.2) is 42.8 Å². The Kier molecular flexibility index (Phi) is 5.39. The Balaban J connectivity index is 1.98. The molecule has 0 aliphatic carbocycles. The first-order chi connectivity index (χ1) is 9.33. The van der Waals surface area contributed by atoms with Crippen molar-refractivity contribution in [2.24, 2.45) is 5.92 Å².